The number of aromatic amines is 1. The first-order chi connectivity index (χ1) is 15.9. The number of benzene rings is 1. The van der Waals surface area contributed by atoms with Gasteiger partial charge in [0.15, 0.2) is 11.0 Å². The molecule has 3 aromatic rings. The van der Waals surface area contributed by atoms with E-state index in [1.165, 1.54) is 31.5 Å². The number of hydrogen-bond donors (Lipinski definition) is 3. The predicted molar refractivity (Wildman–Crippen MR) is 129 cm³/mol. The average Bonchev–Trinajstić information content (AvgIpc) is 3.51. The molecule has 3 N–H and O–H groups in total. The Bertz CT molecular complexity index is 1080. The van der Waals surface area contributed by atoms with Crippen LogP contribution in [0.25, 0.3) is 0 Å². The molecule has 2 aromatic heterocycles. The molecule has 10 heteroatoms. The zero-order chi connectivity index (χ0) is 23.2. The molecule has 4 rings (SSSR count). The Morgan fingerprint density at radius 1 is 1.18 bits per heavy atom. The Labute approximate surface area is 197 Å². The van der Waals surface area contributed by atoms with Gasteiger partial charge < -0.3 is 20.3 Å². The summed E-state index contributed by atoms with van der Waals surface area (Å²) in [6.45, 7) is 3.00. The van der Waals surface area contributed by atoms with Crippen LogP contribution >= 0.6 is 11.8 Å². The fourth-order valence-electron chi connectivity index (χ4n) is 3.20. The highest BCUT2D eigenvalue weighted by Crippen LogP contribution is 2.39. The summed E-state index contributed by atoms with van der Waals surface area (Å²) in [6.07, 6.45) is 3.32. The third-order valence-corrected chi connectivity index (χ3v) is 5.81. The number of anilines is 3. The molecular weight excluding hydrogens is 438 g/mol. The number of H-pyrrole nitrogens is 1. The summed E-state index contributed by atoms with van der Waals surface area (Å²) in [6, 6.07) is 11.4. The Kier molecular flexibility index (Phi) is 7.46. The van der Waals surface area contributed by atoms with Crippen LogP contribution in [-0.2, 0) is 4.79 Å². The van der Waals surface area contributed by atoms with Gasteiger partial charge >= 0.3 is 0 Å². The minimum Gasteiger partial charge on any atom is -0.477 e. The van der Waals surface area contributed by atoms with Crippen molar-refractivity contribution in [3.8, 4) is 5.88 Å². The van der Waals surface area contributed by atoms with Gasteiger partial charge in [-0.2, -0.15) is 10.1 Å². The highest BCUT2D eigenvalue weighted by molar-refractivity contribution is 7.99. The van der Waals surface area contributed by atoms with E-state index in [1.807, 2.05) is 44.4 Å². The van der Waals surface area contributed by atoms with E-state index in [1.54, 1.807) is 6.07 Å². The molecule has 2 heterocycles. The summed E-state index contributed by atoms with van der Waals surface area (Å²) < 4.78 is 5.92. The maximum Gasteiger partial charge on any atom is 0.221 e. The third kappa shape index (κ3) is 7.19. The summed E-state index contributed by atoms with van der Waals surface area (Å²) in [7, 11) is 4.08. The van der Waals surface area contributed by atoms with Gasteiger partial charge in [0.05, 0.1) is 6.61 Å². The van der Waals surface area contributed by atoms with E-state index in [-0.39, 0.29) is 5.91 Å². The van der Waals surface area contributed by atoms with Gasteiger partial charge in [0.1, 0.15) is 5.82 Å². The number of hydrogen-bond acceptors (Lipinski definition) is 8. The minimum atomic E-state index is -0.100. The van der Waals surface area contributed by atoms with Crippen molar-refractivity contribution in [3.63, 3.8) is 0 Å². The molecule has 9 nitrogen and oxygen atoms in total. The van der Waals surface area contributed by atoms with Gasteiger partial charge in [-0.25, -0.2) is 4.98 Å². The van der Waals surface area contributed by atoms with Crippen LogP contribution in [0.4, 0.5) is 17.3 Å². The van der Waals surface area contributed by atoms with Crippen molar-refractivity contribution in [1.29, 1.82) is 0 Å². The van der Waals surface area contributed by atoms with Gasteiger partial charge in [0, 0.05) is 47.8 Å². The standard InChI is InChI=1S/C23H29N7O2S/c1-15(31)24-17-7-9-18(10-8-17)33-23-26-20(14-22(27-23)32-12-4-11-30(2)3)25-21-13-19(28-29-21)16-5-6-16/h7-10,13-14,16H,4-6,11-12H2,1-3H3,(H,24,31)(H2,25,26,27,28,29). The fourth-order valence-corrected chi connectivity index (χ4v) is 3.96. The Morgan fingerprint density at radius 3 is 2.67 bits per heavy atom. The van der Waals surface area contributed by atoms with Crippen molar-refractivity contribution in [3.05, 3.63) is 42.1 Å². The van der Waals surface area contributed by atoms with Crippen LogP contribution in [0.15, 0.2) is 46.5 Å². The second kappa shape index (κ2) is 10.7. The van der Waals surface area contributed by atoms with Gasteiger partial charge in [0.2, 0.25) is 11.8 Å². The number of nitrogens with one attached hydrogen (secondary N) is 3. The highest BCUT2D eigenvalue weighted by atomic mass is 32.2. The van der Waals surface area contributed by atoms with Crippen LogP contribution in [0.1, 0.15) is 37.8 Å². The highest BCUT2D eigenvalue weighted by Gasteiger charge is 2.25. The summed E-state index contributed by atoms with van der Waals surface area (Å²) >= 11 is 1.43. The summed E-state index contributed by atoms with van der Waals surface area (Å²) in [4.78, 5) is 23.5. The van der Waals surface area contributed by atoms with Crippen molar-refractivity contribution in [2.75, 3.05) is 37.9 Å². The quantitative estimate of drug-likeness (QED) is 0.284. The lowest BCUT2D eigenvalue weighted by molar-refractivity contribution is -0.114. The number of nitrogens with zero attached hydrogens (tertiary/aromatic N) is 4. The van der Waals surface area contributed by atoms with Gasteiger partial charge in [-0.15, -0.1) is 0 Å². The SMILES string of the molecule is CC(=O)Nc1ccc(Sc2nc(Nc3cc(C4CC4)[nH]n3)cc(OCCCN(C)C)n2)cc1. The second-order valence-electron chi connectivity index (χ2n) is 8.29. The molecule has 0 unspecified atom stereocenters. The lowest BCUT2D eigenvalue weighted by Gasteiger charge is -2.12. The molecule has 1 saturated carbocycles. The molecule has 33 heavy (non-hydrogen) atoms. The van der Waals surface area contributed by atoms with E-state index >= 15 is 0 Å². The fraction of sp³-hybridized carbons (Fsp3) is 0.391. The largest absolute Gasteiger partial charge is 0.477 e. The first kappa shape index (κ1) is 23.1. The van der Waals surface area contributed by atoms with Crippen LogP contribution in [0.3, 0.4) is 0 Å². The van der Waals surface area contributed by atoms with Gasteiger partial charge in [-0.3, -0.25) is 9.89 Å². The Morgan fingerprint density at radius 2 is 1.97 bits per heavy atom. The van der Waals surface area contributed by atoms with Gasteiger partial charge in [0.25, 0.3) is 0 Å². The monoisotopic (exact) mass is 467 g/mol. The van der Waals surface area contributed by atoms with E-state index in [4.69, 9.17) is 4.74 Å². The second-order valence-corrected chi connectivity index (χ2v) is 9.34. The molecule has 0 spiro atoms. The topological polar surface area (TPSA) is 108 Å². The van der Waals surface area contributed by atoms with Gasteiger partial charge in [-0.1, -0.05) is 0 Å². The van der Waals surface area contributed by atoms with Crippen molar-refractivity contribution < 1.29 is 9.53 Å². The average molecular weight is 468 g/mol. The van der Waals surface area contributed by atoms with Crippen LogP contribution in [-0.4, -0.2) is 58.2 Å². The minimum absolute atomic E-state index is 0.100. The van der Waals surface area contributed by atoms with Crippen LogP contribution in [0.5, 0.6) is 5.88 Å². The van der Waals surface area contributed by atoms with Crippen molar-refractivity contribution in [1.82, 2.24) is 25.1 Å². The zero-order valence-corrected chi connectivity index (χ0v) is 19.9. The number of rotatable bonds is 11. The van der Waals surface area contributed by atoms with Crippen molar-refractivity contribution >= 4 is 35.0 Å². The molecule has 1 aliphatic rings. The number of aromatic nitrogens is 4. The molecular formula is C23H29N7O2S. The van der Waals surface area contributed by atoms with E-state index < -0.39 is 0 Å². The van der Waals surface area contributed by atoms with E-state index in [9.17, 15) is 4.79 Å². The smallest absolute Gasteiger partial charge is 0.221 e. The third-order valence-electron chi connectivity index (χ3n) is 4.94. The molecule has 0 atom stereocenters. The predicted octanol–water partition coefficient (Wildman–Crippen LogP) is 4.26. The number of ether oxygens (including phenoxy) is 1. The van der Waals surface area contributed by atoms with E-state index in [0.717, 1.165) is 35.1 Å². The molecule has 1 fully saturated rings. The normalized spacial score (nSPS) is 13.2. The first-order valence-corrected chi connectivity index (χ1v) is 11.8. The van der Waals surface area contributed by atoms with E-state index in [0.29, 0.717) is 29.4 Å². The number of carbonyl (C=O) groups is 1. The molecule has 1 amide bonds. The lowest BCUT2D eigenvalue weighted by atomic mass is 10.3. The van der Waals surface area contributed by atoms with Crippen molar-refractivity contribution in [2.45, 2.75) is 42.2 Å². The number of amides is 1. The maximum absolute atomic E-state index is 11.2. The molecule has 0 saturated heterocycles. The molecule has 1 aliphatic carbocycles. The Hall–Kier alpha value is -3.11. The molecule has 0 aliphatic heterocycles. The molecule has 0 bridgehead atoms. The van der Waals surface area contributed by atoms with Crippen LogP contribution < -0.4 is 15.4 Å². The van der Waals surface area contributed by atoms with Crippen molar-refractivity contribution in [2.24, 2.45) is 0 Å². The molecule has 0 radical (unpaired) electrons. The molecule has 1 aromatic carbocycles. The zero-order valence-electron chi connectivity index (χ0n) is 19.1. The summed E-state index contributed by atoms with van der Waals surface area (Å²) in [5, 5.41) is 14.1. The summed E-state index contributed by atoms with van der Waals surface area (Å²) in [5.74, 6) is 2.36. The first-order valence-electron chi connectivity index (χ1n) is 11.0. The van der Waals surface area contributed by atoms with Crippen LogP contribution in [0.2, 0.25) is 0 Å². The lowest BCUT2D eigenvalue weighted by Crippen LogP contribution is -2.15. The summed E-state index contributed by atoms with van der Waals surface area (Å²) in [5.41, 5.74) is 1.90. The maximum atomic E-state index is 11.2. The van der Waals surface area contributed by atoms with E-state index in [2.05, 4.69) is 35.7 Å². The number of carbonyl (C=O) groups excluding carboxylic acids is 1. The Balaban J connectivity index is 1.48. The van der Waals surface area contributed by atoms with Crippen LogP contribution in [0, 0.1) is 0 Å². The van der Waals surface area contributed by atoms with Gasteiger partial charge in [-0.05, 0) is 69.4 Å². The molecule has 174 valence electrons.